The van der Waals surface area contributed by atoms with E-state index >= 15 is 0 Å². The molecule has 2 aromatic carbocycles. The Bertz CT molecular complexity index is 1040. The van der Waals surface area contributed by atoms with Gasteiger partial charge in [-0.1, -0.05) is 30.3 Å². The molecule has 0 aliphatic carbocycles. The summed E-state index contributed by atoms with van der Waals surface area (Å²) in [6, 6.07) is 14.2. The maximum atomic E-state index is 13.2. The summed E-state index contributed by atoms with van der Waals surface area (Å²) in [5.41, 5.74) is 0.604. The smallest absolute Gasteiger partial charge is 0.306 e. The van der Waals surface area contributed by atoms with Gasteiger partial charge in [0.25, 0.3) is 5.91 Å². The second-order valence-corrected chi connectivity index (χ2v) is 6.93. The predicted molar refractivity (Wildman–Crippen MR) is 107 cm³/mol. The summed E-state index contributed by atoms with van der Waals surface area (Å²) in [6.07, 6.45) is -0.314. The number of furan rings is 1. The van der Waals surface area contributed by atoms with Gasteiger partial charge in [0.1, 0.15) is 11.3 Å². The molecule has 1 heterocycles. The van der Waals surface area contributed by atoms with Crippen LogP contribution in [-0.4, -0.2) is 31.2 Å². The summed E-state index contributed by atoms with van der Waals surface area (Å²) >= 11 is 0. The van der Waals surface area contributed by atoms with E-state index in [1.807, 2.05) is 18.2 Å². The first-order valence-electron chi connectivity index (χ1n) is 9.06. The van der Waals surface area contributed by atoms with Gasteiger partial charge in [-0.05, 0) is 30.7 Å². The second-order valence-electron chi connectivity index (χ2n) is 6.93. The molecule has 0 radical (unpaired) electrons. The number of aliphatic carboxylic acids is 1. The van der Waals surface area contributed by atoms with Crippen LogP contribution in [0.15, 0.2) is 52.9 Å². The Morgan fingerprint density at radius 1 is 1.14 bits per heavy atom. The summed E-state index contributed by atoms with van der Waals surface area (Å²) < 4.78 is 16.3. The van der Waals surface area contributed by atoms with Gasteiger partial charge < -0.3 is 24.3 Å². The molecule has 0 fully saturated rings. The summed E-state index contributed by atoms with van der Waals surface area (Å²) in [6.45, 7) is 1.85. The van der Waals surface area contributed by atoms with E-state index in [1.165, 1.54) is 14.2 Å². The van der Waals surface area contributed by atoms with E-state index in [4.69, 9.17) is 13.9 Å². The molecule has 3 aromatic rings. The summed E-state index contributed by atoms with van der Waals surface area (Å²) in [7, 11) is 3.06. The van der Waals surface area contributed by atoms with Crippen molar-refractivity contribution in [3.05, 3.63) is 65.4 Å². The lowest BCUT2D eigenvalue weighted by Gasteiger charge is -2.30. The monoisotopic (exact) mass is 397 g/mol. The number of hydrogen-bond donors (Lipinski definition) is 2. The van der Waals surface area contributed by atoms with Gasteiger partial charge in [-0.15, -0.1) is 0 Å². The molecule has 7 nitrogen and oxygen atoms in total. The number of carbonyl (C=O) groups excluding carboxylic acids is 1. The SMILES string of the molecule is COCc1c(C(=O)NC(C)(CC(=O)O)c2cccc(OC)c2)oc2ccccc12. The predicted octanol–water partition coefficient (Wildman–Crippen LogP) is 3.71. The third kappa shape index (κ3) is 4.25. The Hall–Kier alpha value is -3.32. The van der Waals surface area contributed by atoms with Crippen molar-refractivity contribution in [3.8, 4) is 5.75 Å². The molecular weight excluding hydrogens is 374 g/mol. The van der Waals surface area contributed by atoms with Crippen molar-refractivity contribution in [2.75, 3.05) is 14.2 Å². The molecular formula is C22H23NO6. The standard InChI is InChI=1S/C22H23NO6/c1-22(12-19(24)25,14-7-6-8-15(11-14)28-3)23-21(26)20-17(13-27-2)16-9-4-5-10-18(16)29-20/h4-11H,12-13H2,1-3H3,(H,23,26)(H,24,25). The summed E-state index contributed by atoms with van der Waals surface area (Å²) in [5.74, 6) is -0.887. The minimum absolute atomic E-state index is 0.104. The van der Waals surface area contributed by atoms with Crippen LogP contribution >= 0.6 is 0 Å². The highest BCUT2D eigenvalue weighted by Gasteiger charge is 2.34. The number of carboxylic acids is 1. The molecule has 1 atom stereocenters. The number of hydrogen-bond acceptors (Lipinski definition) is 5. The molecule has 0 saturated heterocycles. The van der Waals surface area contributed by atoms with E-state index in [0.29, 0.717) is 22.5 Å². The highest BCUT2D eigenvalue weighted by atomic mass is 16.5. The lowest BCUT2D eigenvalue weighted by molar-refractivity contribution is -0.138. The van der Waals surface area contributed by atoms with Gasteiger partial charge in [0, 0.05) is 18.1 Å². The van der Waals surface area contributed by atoms with E-state index in [-0.39, 0.29) is 18.8 Å². The van der Waals surface area contributed by atoms with Crippen molar-refractivity contribution in [1.82, 2.24) is 5.32 Å². The number of para-hydroxylation sites is 1. The Balaban J connectivity index is 2.02. The third-order valence-electron chi connectivity index (χ3n) is 4.79. The van der Waals surface area contributed by atoms with Crippen LogP contribution in [-0.2, 0) is 21.7 Å². The Kier molecular flexibility index (Phi) is 5.89. The number of benzene rings is 2. The molecule has 0 aliphatic rings. The number of amides is 1. The number of rotatable bonds is 8. The van der Waals surface area contributed by atoms with Crippen LogP contribution in [0.4, 0.5) is 0 Å². The van der Waals surface area contributed by atoms with Gasteiger partial charge in [-0.25, -0.2) is 0 Å². The lowest BCUT2D eigenvalue weighted by atomic mass is 9.88. The quantitative estimate of drug-likeness (QED) is 0.601. The highest BCUT2D eigenvalue weighted by molar-refractivity contribution is 5.99. The molecule has 29 heavy (non-hydrogen) atoms. The molecule has 2 N–H and O–H groups in total. The first kappa shape index (κ1) is 20.4. The largest absolute Gasteiger partial charge is 0.497 e. The van der Waals surface area contributed by atoms with Crippen LogP contribution in [0, 0.1) is 0 Å². The van der Waals surface area contributed by atoms with E-state index in [2.05, 4.69) is 5.32 Å². The first-order chi connectivity index (χ1) is 13.9. The van der Waals surface area contributed by atoms with Gasteiger partial charge in [-0.2, -0.15) is 0 Å². The first-order valence-corrected chi connectivity index (χ1v) is 9.06. The summed E-state index contributed by atoms with van der Waals surface area (Å²) in [4.78, 5) is 24.7. The second kappa shape index (κ2) is 8.36. The maximum absolute atomic E-state index is 13.2. The minimum Gasteiger partial charge on any atom is -0.497 e. The molecule has 3 rings (SSSR count). The Labute approximate surface area is 168 Å². The maximum Gasteiger partial charge on any atom is 0.306 e. The van der Waals surface area contributed by atoms with E-state index in [9.17, 15) is 14.7 Å². The average molecular weight is 397 g/mol. The van der Waals surface area contributed by atoms with Gasteiger partial charge in [0.2, 0.25) is 0 Å². The molecule has 0 bridgehead atoms. The number of carboxylic acid groups (broad SMARTS) is 1. The number of methoxy groups -OCH3 is 2. The number of nitrogens with one attached hydrogen (secondary N) is 1. The van der Waals surface area contributed by atoms with Crippen molar-refractivity contribution in [2.24, 2.45) is 0 Å². The van der Waals surface area contributed by atoms with E-state index in [1.54, 1.807) is 37.3 Å². The van der Waals surface area contributed by atoms with Crippen molar-refractivity contribution < 1.29 is 28.6 Å². The highest BCUT2D eigenvalue weighted by Crippen LogP contribution is 2.31. The zero-order chi connectivity index (χ0) is 21.0. The van der Waals surface area contributed by atoms with Gasteiger partial charge >= 0.3 is 5.97 Å². The normalized spacial score (nSPS) is 13.1. The molecule has 0 saturated carbocycles. The number of carbonyl (C=O) groups is 2. The van der Waals surface area contributed by atoms with Crippen molar-refractivity contribution in [1.29, 1.82) is 0 Å². The molecule has 152 valence electrons. The molecule has 7 heteroatoms. The van der Waals surface area contributed by atoms with E-state index in [0.717, 1.165) is 5.39 Å². The fourth-order valence-electron chi connectivity index (χ4n) is 3.36. The van der Waals surface area contributed by atoms with E-state index < -0.39 is 17.4 Å². The molecule has 0 spiro atoms. The summed E-state index contributed by atoms with van der Waals surface area (Å²) in [5, 5.41) is 13.1. The fourth-order valence-corrected chi connectivity index (χ4v) is 3.36. The topological polar surface area (TPSA) is 98.0 Å². The van der Waals surface area contributed by atoms with Crippen LogP contribution in [0.2, 0.25) is 0 Å². The van der Waals surface area contributed by atoms with Crippen molar-refractivity contribution in [3.63, 3.8) is 0 Å². The minimum atomic E-state index is -1.18. The van der Waals surface area contributed by atoms with Crippen LogP contribution in [0.3, 0.4) is 0 Å². The van der Waals surface area contributed by atoms with Crippen LogP contribution in [0.1, 0.15) is 35.0 Å². The van der Waals surface area contributed by atoms with Crippen molar-refractivity contribution in [2.45, 2.75) is 25.5 Å². The van der Waals surface area contributed by atoms with Crippen LogP contribution < -0.4 is 10.1 Å². The zero-order valence-corrected chi connectivity index (χ0v) is 16.5. The molecule has 1 unspecified atom stereocenters. The lowest BCUT2D eigenvalue weighted by Crippen LogP contribution is -2.45. The van der Waals surface area contributed by atoms with Crippen LogP contribution in [0.5, 0.6) is 5.75 Å². The molecule has 1 aromatic heterocycles. The molecule has 0 aliphatic heterocycles. The van der Waals surface area contributed by atoms with Crippen LogP contribution in [0.25, 0.3) is 11.0 Å². The number of fused-ring (bicyclic) bond motifs is 1. The van der Waals surface area contributed by atoms with Gasteiger partial charge in [0.15, 0.2) is 5.76 Å². The Morgan fingerprint density at radius 2 is 1.90 bits per heavy atom. The average Bonchev–Trinajstić information content (AvgIpc) is 3.06. The molecule has 1 amide bonds. The van der Waals surface area contributed by atoms with Crippen molar-refractivity contribution >= 4 is 22.8 Å². The third-order valence-corrected chi connectivity index (χ3v) is 4.79. The van der Waals surface area contributed by atoms with Gasteiger partial charge in [0.05, 0.1) is 25.7 Å². The Morgan fingerprint density at radius 3 is 2.59 bits per heavy atom. The zero-order valence-electron chi connectivity index (χ0n) is 16.5. The fraction of sp³-hybridized carbons (Fsp3) is 0.273. The van der Waals surface area contributed by atoms with Gasteiger partial charge in [-0.3, -0.25) is 9.59 Å². The number of ether oxygens (including phenoxy) is 2.